The Kier molecular flexibility index (Phi) is 5.06. The molecule has 0 unspecified atom stereocenters. The molecule has 0 amide bonds. The normalized spacial score (nSPS) is 15.0. The Labute approximate surface area is 135 Å². The highest BCUT2D eigenvalue weighted by Crippen LogP contribution is 2.20. The molecule has 3 rings (SSSR count). The molecule has 1 aliphatic carbocycles. The fourth-order valence-electron chi connectivity index (χ4n) is 2.73. The Morgan fingerprint density at radius 1 is 1.23 bits per heavy atom. The van der Waals surface area contributed by atoms with Crippen LogP contribution in [0.15, 0.2) is 30.5 Å². The molecule has 1 fully saturated rings. The molecule has 2 N–H and O–H groups in total. The van der Waals surface area contributed by atoms with Crippen LogP contribution in [0.4, 0.5) is 11.8 Å². The van der Waals surface area contributed by atoms with Gasteiger partial charge in [0.2, 0.25) is 5.95 Å². The highest BCUT2D eigenvalue weighted by molar-refractivity contribution is 6.30. The van der Waals surface area contributed by atoms with Gasteiger partial charge in [0.25, 0.3) is 0 Å². The van der Waals surface area contributed by atoms with Crippen LogP contribution in [0.2, 0.25) is 5.02 Å². The Bertz CT molecular complexity index is 613. The van der Waals surface area contributed by atoms with Gasteiger partial charge in [-0.15, -0.1) is 5.10 Å². The van der Waals surface area contributed by atoms with E-state index < -0.39 is 0 Å². The highest BCUT2D eigenvalue weighted by atomic mass is 35.5. The number of hydrogen-bond donors (Lipinski definition) is 2. The van der Waals surface area contributed by atoms with Crippen molar-refractivity contribution in [2.75, 3.05) is 17.2 Å². The molecule has 2 aromatic rings. The summed E-state index contributed by atoms with van der Waals surface area (Å²) in [6.07, 6.45) is 7.48. The van der Waals surface area contributed by atoms with E-state index in [9.17, 15) is 0 Å². The van der Waals surface area contributed by atoms with Gasteiger partial charge in [-0.25, -0.2) is 0 Å². The predicted octanol–water partition coefficient (Wildman–Crippen LogP) is 3.53. The maximum atomic E-state index is 5.98. The summed E-state index contributed by atoms with van der Waals surface area (Å²) in [5.41, 5.74) is 1.20. The molecule has 6 heteroatoms. The van der Waals surface area contributed by atoms with E-state index in [0.29, 0.717) is 12.0 Å². The van der Waals surface area contributed by atoms with Crippen LogP contribution >= 0.6 is 11.6 Å². The summed E-state index contributed by atoms with van der Waals surface area (Å²) in [5.74, 6) is 1.36. The Balaban J connectivity index is 1.51. The molecule has 0 radical (unpaired) electrons. The molecule has 1 aromatic carbocycles. The summed E-state index contributed by atoms with van der Waals surface area (Å²) in [7, 11) is 0. The standard InChI is InChI=1S/C16H20ClN5/c17-13-5-3-4-12(10-13)8-9-18-15-11-19-22-16(21-15)20-14-6-1-2-7-14/h3-5,10-11,14H,1-2,6-9H2,(H2,18,20,21,22). The Morgan fingerprint density at radius 2 is 2.09 bits per heavy atom. The molecule has 0 bridgehead atoms. The Morgan fingerprint density at radius 3 is 2.91 bits per heavy atom. The van der Waals surface area contributed by atoms with Crippen molar-refractivity contribution in [2.45, 2.75) is 38.1 Å². The molecule has 0 atom stereocenters. The van der Waals surface area contributed by atoms with E-state index in [1.807, 2.05) is 18.2 Å². The van der Waals surface area contributed by atoms with Gasteiger partial charge in [-0.2, -0.15) is 10.1 Å². The van der Waals surface area contributed by atoms with E-state index in [2.05, 4.69) is 31.9 Å². The largest absolute Gasteiger partial charge is 0.368 e. The first-order chi connectivity index (χ1) is 10.8. The predicted molar refractivity (Wildman–Crippen MR) is 89.4 cm³/mol. The second-order valence-electron chi connectivity index (χ2n) is 5.60. The van der Waals surface area contributed by atoms with Gasteiger partial charge >= 0.3 is 0 Å². The molecule has 0 saturated heterocycles. The minimum Gasteiger partial charge on any atom is -0.368 e. The number of rotatable bonds is 6. The molecule has 1 aliphatic rings. The number of anilines is 2. The first-order valence-corrected chi connectivity index (χ1v) is 8.12. The zero-order valence-electron chi connectivity index (χ0n) is 12.4. The molecule has 1 aromatic heterocycles. The van der Waals surface area contributed by atoms with Crippen LogP contribution < -0.4 is 10.6 Å². The van der Waals surface area contributed by atoms with Crippen molar-refractivity contribution in [1.29, 1.82) is 0 Å². The third-order valence-corrected chi connectivity index (χ3v) is 4.09. The number of aromatic nitrogens is 3. The van der Waals surface area contributed by atoms with Crippen molar-refractivity contribution in [2.24, 2.45) is 0 Å². The lowest BCUT2D eigenvalue weighted by Gasteiger charge is -2.12. The van der Waals surface area contributed by atoms with Gasteiger partial charge in [-0.1, -0.05) is 36.6 Å². The molecular formula is C16H20ClN5. The minimum atomic E-state index is 0.489. The summed E-state index contributed by atoms with van der Waals surface area (Å²) in [6.45, 7) is 0.780. The van der Waals surface area contributed by atoms with Crippen molar-refractivity contribution >= 4 is 23.4 Å². The van der Waals surface area contributed by atoms with E-state index in [0.717, 1.165) is 23.8 Å². The number of nitrogens with zero attached hydrogens (tertiary/aromatic N) is 3. The van der Waals surface area contributed by atoms with E-state index in [4.69, 9.17) is 11.6 Å². The van der Waals surface area contributed by atoms with Crippen molar-refractivity contribution < 1.29 is 0 Å². The molecule has 5 nitrogen and oxygen atoms in total. The fourth-order valence-corrected chi connectivity index (χ4v) is 2.94. The van der Waals surface area contributed by atoms with Gasteiger partial charge in [0, 0.05) is 17.6 Å². The summed E-state index contributed by atoms with van der Waals surface area (Å²) in [5, 5.41) is 15.5. The minimum absolute atomic E-state index is 0.489. The fraction of sp³-hybridized carbons (Fsp3) is 0.438. The Hall–Kier alpha value is -1.88. The van der Waals surface area contributed by atoms with Gasteiger partial charge in [-0.05, 0) is 37.0 Å². The van der Waals surface area contributed by atoms with Crippen LogP contribution in [0.25, 0.3) is 0 Å². The molecule has 1 heterocycles. The van der Waals surface area contributed by atoms with E-state index in [1.54, 1.807) is 6.20 Å². The molecule has 0 aliphatic heterocycles. The van der Waals surface area contributed by atoms with Gasteiger partial charge in [0.05, 0.1) is 6.20 Å². The van der Waals surface area contributed by atoms with E-state index in [1.165, 1.54) is 31.2 Å². The first-order valence-electron chi connectivity index (χ1n) is 7.74. The van der Waals surface area contributed by atoms with Gasteiger partial charge in [-0.3, -0.25) is 0 Å². The van der Waals surface area contributed by atoms with Crippen LogP contribution in [0.1, 0.15) is 31.2 Å². The van der Waals surface area contributed by atoms with Crippen LogP contribution in [0.3, 0.4) is 0 Å². The summed E-state index contributed by atoms with van der Waals surface area (Å²) < 4.78 is 0. The maximum Gasteiger partial charge on any atom is 0.244 e. The third-order valence-electron chi connectivity index (χ3n) is 3.86. The zero-order valence-corrected chi connectivity index (χ0v) is 13.2. The molecule has 1 saturated carbocycles. The number of nitrogens with one attached hydrogen (secondary N) is 2. The smallest absolute Gasteiger partial charge is 0.244 e. The quantitative estimate of drug-likeness (QED) is 0.853. The van der Waals surface area contributed by atoms with E-state index in [-0.39, 0.29) is 0 Å². The van der Waals surface area contributed by atoms with Crippen molar-refractivity contribution in [1.82, 2.24) is 15.2 Å². The number of benzene rings is 1. The van der Waals surface area contributed by atoms with Crippen LogP contribution in [-0.4, -0.2) is 27.8 Å². The second-order valence-corrected chi connectivity index (χ2v) is 6.03. The van der Waals surface area contributed by atoms with Crippen molar-refractivity contribution in [3.63, 3.8) is 0 Å². The van der Waals surface area contributed by atoms with Gasteiger partial charge in [0.15, 0.2) is 5.82 Å². The lowest BCUT2D eigenvalue weighted by molar-refractivity contribution is 0.737. The first kappa shape index (κ1) is 15.0. The average Bonchev–Trinajstić information content (AvgIpc) is 3.01. The molecular weight excluding hydrogens is 298 g/mol. The van der Waals surface area contributed by atoms with E-state index >= 15 is 0 Å². The SMILES string of the molecule is Clc1cccc(CCNc2cnnc(NC3CCCC3)n2)c1. The second kappa shape index (κ2) is 7.40. The van der Waals surface area contributed by atoms with Crippen molar-refractivity contribution in [3.8, 4) is 0 Å². The summed E-state index contributed by atoms with van der Waals surface area (Å²) in [6, 6.07) is 8.39. The third kappa shape index (κ3) is 4.31. The summed E-state index contributed by atoms with van der Waals surface area (Å²) in [4.78, 5) is 4.46. The monoisotopic (exact) mass is 317 g/mol. The molecule has 0 spiro atoms. The lowest BCUT2D eigenvalue weighted by atomic mass is 10.1. The maximum absolute atomic E-state index is 5.98. The topological polar surface area (TPSA) is 62.7 Å². The zero-order chi connectivity index (χ0) is 15.2. The van der Waals surface area contributed by atoms with Crippen LogP contribution in [-0.2, 0) is 6.42 Å². The van der Waals surface area contributed by atoms with Gasteiger partial charge in [0.1, 0.15) is 0 Å². The van der Waals surface area contributed by atoms with Crippen molar-refractivity contribution in [3.05, 3.63) is 41.0 Å². The highest BCUT2D eigenvalue weighted by Gasteiger charge is 2.15. The summed E-state index contributed by atoms with van der Waals surface area (Å²) >= 11 is 5.98. The van der Waals surface area contributed by atoms with Gasteiger partial charge < -0.3 is 10.6 Å². The number of halogens is 1. The molecule has 116 valence electrons. The average molecular weight is 318 g/mol. The lowest BCUT2D eigenvalue weighted by Crippen LogP contribution is -2.18. The molecule has 22 heavy (non-hydrogen) atoms. The number of hydrogen-bond acceptors (Lipinski definition) is 5. The van der Waals surface area contributed by atoms with Crippen LogP contribution in [0.5, 0.6) is 0 Å². The van der Waals surface area contributed by atoms with Crippen LogP contribution in [0, 0.1) is 0 Å².